The van der Waals surface area contributed by atoms with Gasteiger partial charge in [0.15, 0.2) is 0 Å². The zero-order valence-corrected chi connectivity index (χ0v) is 11.5. The van der Waals surface area contributed by atoms with Crippen LogP contribution in [0.4, 0.5) is 4.39 Å². The number of hydrogen-bond donors (Lipinski definition) is 0. The van der Waals surface area contributed by atoms with Crippen LogP contribution in [0.25, 0.3) is 6.08 Å². The number of benzene rings is 2. The molecule has 2 nitrogen and oxygen atoms in total. The summed E-state index contributed by atoms with van der Waals surface area (Å²) in [6, 6.07) is 15.1. The fraction of sp³-hybridized carbons (Fsp3) is 0.0556. The van der Waals surface area contributed by atoms with E-state index in [1.165, 1.54) is 19.2 Å². The SMILES string of the molecule is COC(=O)C(C#Cc1ccccc1)=Cc1ccc(F)cc1. The first-order valence-electron chi connectivity index (χ1n) is 6.31. The second-order valence-corrected chi connectivity index (χ2v) is 4.22. The van der Waals surface area contributed by atoms with Crippen molar-refractivity contribution in [1.82, 2.24) is 0 Å². The quantitative estimate of drug-likeness (QED) is 0.478. The standard InChI is InChI=1S/C18H13FO2/c1-21-18(20)16(10-7-14-5-3-2-4-6-14)13-15-8-11-17(19)12-9-15/h2-6,8-9,11-13H,1H3. The van der Waals surface area contributed by atoms with E-state index >= 15 is 0 Å². The number of carbonyl (C=O) groups is 1. The van der Waals surface area contributed by atoms with Gasteiger partial charge >= 0.3 is 5.97 Å². The first-order chi connectivity index (χ1) is 10.2. The fourth-order valence-corrected chi connectivity index (χ4v) is 1.64. The normalized spacial score (nSPS) is 10.5. The van der Waals surface area contributed by atoms with E-state index in [9.17, 15) is 9.18 Å². The molecule has 0 heterocycles. The molecule has 0 atom stereocenters. The lowest BCUT2D eigenvalue weighted by atomic mass is 10.1. The Labute approximate surface area is 122 Å². The minimum Gasteiger partial charge on any atom is -0.465 e. The summed E-state index contributed by atoms with van der Waals surface area (Å²) in [7, 11) is 1.30. The molecule has 0 aliphatic heterocycles. The van der Waals surface area contributed by atoms with Gasteiger partial charge in [-0.05, 0) is 35.9 Å². The molecule has 0 N–H and O–H groups in total. The topological polar surface area (TPSA) is 26.3 Å². The van der Waals surface area contributed by atoms with Crippen molar-refractivity contribution in [2.45, 2.75) is 0 Å². The predicted molar refractivity (Wildman–Crippen MR) is 79.7 cm³/mol. The zero-order chi connectivity index (χ0) is 15.1. The molecule has 0 saturated heterocycles. The highest BCUT2D eigenvalue weighted by molar-refractivity contribution is 5.98. The molecule has 2 rings (SSSR count). The van der Waals surface area contributed by atoms with E-state index in [1.54, 1.807) is 18.2 Å². The summed E-state index contributed by atoms with van der Waals surface area (Å²) >= 11 is 0. The van der Waals surface area contributed by atoms with Crippen LogP contribution >= 0.6 is 0 Å². The Morgan fingerprint density at radius 2 is 1.76 bits per heavy atom. The average Bonchev–Trinajstić information content (AvgIpc) is 2.53. The largest absolute Gasteiger partial charge is 0.465 e. The van der Waals surface area contributed by atoms with Crippen molar-refractivity contribution in [2.75, 3.05) is 7.11 Å². The summed E-state index contributed by atoms with van der Waals surface area (Å²) < 4.78 is 17.6. The maximum absolute atomic E-state index is 12.9. The van der Waals surface area contributed by atoms with Gasteiger partial charge in [0.25, 0.3) is 0 Å². The number of halogens is 1. The highest BCUT2D eigenvalue weighted by Crippen LogP contribution is 2.09. The molecule has 0 spiro atoms. The molecular weight excluding hydrogens is 267 g/mol. The van der Waals surface area contributed by atoms with Crippen LogP contribution in [0.5, 0.6) is 0 Å². The Kier molecular flexibility index (Phi) is 4.89. The monoisotopic (exact) mass is 280 g/mol. The van der Waals surface area contributed by atoms with Crippen molar-refractivity contribution in [3.8, 4) is 11.8 Å². The Hall–Kier alpha value is -2.86. The van der Waals surface area contributed by atoms with Crippen molar-refractivity contribution in [1.29, 1.82) is 0 Å². The van der Waals surface area contributed by atoms with Crippen LogP contribution in [0.3, 0.4) is 0 Å². The van der Waals surface area contributed by atoms with E-state index in [0.717, 1.165) is 5.56 Å². The van der Waals surface area contributed by atoms with E-state index in [4.69, 9.17) is 4.74 Å². The van der Waals surface area contributed by atoms with Gasteiger partial charge < -0.3 is 4.74 Å². The lowest BCUT2D eigenvalue weighted by molar-refractivity contribution is -0.135. The van der Waals surface area contributed by atoms with Gasteiger partial charge in [-0.15, -0.1) is 0 Å². The number of esters is 1. The molecule has 2 aromatic rings. The maximum atomic E-state index is 12.9. The van der Waals surface area contributed by atoms with Gasteiger partial charge in [0.1, 0.15) is 11.4 Å². The lowest BCUT2D eigenvalue weighted by Crippen LogP contribution is -2.02. The number of rotatable bonds is 2. The van der Waals surface area contributed by atoms with E-state index in [1.807, 2.05) is 30.3 Å². The average molecular weight is 280 g/mol. The lowest BCUT2D eigenvalue weighted by Gasteiger charge is -1.99. The molecule has 2 aromatic carbocycles. The molecule has 0 unspecified atom stereocenters. The minimum atomic E-state index is -0.525. The van der Waals surface area contributed by atoms with Gasteiger partial charge in [-0.1, -0.05) is 42.2 Å². The Balaban J connectivity index is 2.33. The second kappa shape index (κ2) is 7.06. The number of ether oxygens (including phenoxy) is 1. The summed E-state index contributed by atoms with van der Waals surface area (Å²) in [5.74, 6) is 4.83. The van der Waals surface area contributed by atoms with Gasteiger partial charge in [0.2, 0.25) is 0 Å². The van der Waals surface area contributed by atoms with E-state index in [0.29, 0.717) is 5.56 Å². The third-order valence-corrected chi connectivity index (χ3v) is 2.70. The van der Waals surface area contributed by atoms with Gasteiger partial charge in [-0.25, -0.2) is 9.18 Å². The van der Waals surface area contributed by atoms with E-state index < -0.39 is 5.97 Å². The maximum Gasteiger partial charge on any atom is 0.346 e. The predicted octanol–water partition coefficient (Wildman–Crippen LogP) is 3.43. The van der Waals surface area contributed by atoms with Crippen LogP contribution in [-0.2, 0) is 9.53 Å². The third kappa shape index (κ3) is 4.32. The summed E-state index contributed by atoms with van der Waals surface area (Å²) in [4.78, 5) is 11.7. The number of hydrogen-bond acceptors (Lipinski definition) is 2. The second-order valence-electron chi connectivity index (χ2n) is 4.22. The van der Waals surface area contributed by atoms with Crippen molar-refractivity contribution < 1.29 is 13.9 Å². The first-order valence-corrected chi connectivity index (χ1v) is 6.31. The summed E-state index contributed by atoms with van der Waals surface area (Å²) in [6.45, 7) is 0. The smallest absolute Gasteiger partial charge is 0.346 e. The third-order valence-electron chi connectivity index (χ3n) is 2.70. The summed E-state index contributed by atoms with van der Waals surface area (Å²) in [6.07, 6.45) is 1.57. The van der Waals surface area contributed by atoms with Crippen LogP contribution in [0.1, 0.15) is 11.1 Å². The van der Waals surface area contributed by atoms with E-state index in [-0.39, 0.29) is 11.4 Å². The van der Waals surface area contributed by atoms with Crippen molar-refractivity contribution in [2.24, 2.45) is 0 Å². The van der Waals surface area contributed by atoms with Crippen molar-refractivity contribution in [3.05, 3.63) is 77.1 Å². The molecule has 0 amide bonds. The van der Waals surface area contributed by atoms with Crippen molar-refractivity contribution in [3.63, 3.8) is 0 Å². The van der Waals surface area contributed by atoms with Crippen LogP contribution in [0.15, 0.2) is 60.2 Å². The molecular formula is C18H13FO2. The highest BCUT2D eigenvalue weighted by Gasteiger charge is 2.06. The molecule has 0 saturated carbocycles. The van der Waals surface area contributed by atoms with Crippen LogP contribution < -0.4 is 0 Å². The molecule has 0 fully saturated rings. The minimum absolute atomic E-state index is 0.216. The molecule has 0 aliphatic carbocycles. The molecule has 0 radical (unpaired) electrons. The van der Waals surface area contributed by atoms with Crippen molar-refractivity contribution >= 4 is 12.0 Å². The molecule has 3 heteroatoms. The van der Waals surface area contributed by atoms with Crippen LogP contribution in [0, 0.1) is 17.7 Å². The number of carbonyl (C=O) groups excluding carboxylic acids is 1. The van der Waals surface area contributed by atoms with E-state index in [2.05, 4.69) is 11.8 Å². The molecule has 0 aliphatic rings. The summed E-state index contributed by atoms with van der Waals surface area (Å²) in [5, 5.41) is 0. The summed E-state index contributed by atoms with van der Waals surface area (Å²) in [5.41, 5.74) is 1.69. The Morgan fingerprint density at radius 3 is 2.38 bits per heavy atom. The van der Waals surface area contributed by atoms with Crippen LogP contribution in [0.2, 0.25) is 0 Å². The highest BCUT2D eigenvalue weighted by atomic mass is 19.1. The molecule has 0 aromatic heterocycles. The first kappa shape index (κ1) is 14.5. The fourth-order valence-electron chi connectivity index (χ4n) is 1.64. The van der Waals surface area contributed by atoms with Crippen LogP contribution in [-0.4, -0.2) is 13.1 Å². The Bertz CT molecular complexity index is 704. The Morgan fingerprint density at radius 1 is 1.10 bits per heavy atom. The van der Waals surface area contributed by atoms with Gasteiger partial charge in [-0.2, -0.15) is 0 Å². The molecule has 104 valence electrons. The van der Waals surface area contributed by atoms with Gasteiger partial charge in [-0.3, -0.25) is 0 Å². The van der Waals surface area contributed by atoms with Gasteiger partial charge in [0, 0.05) is 5.56 Å². The number of methoxy groups -OCH3 is 1. The molecule has 0 bridgehead atoms. The van der Waals surface area contributed by atoms with Gasteiger partial charge in [0.05, 0.1) is 7.11 Å². The zero-order valence-electron chi connectivity index (χ0n) is 11.5. The molecule has 21 heavy (non-hydrogen) atoms.